The molecule has 0 aliphatic carbocycles. The van der Waals surface area contributed by atoms with Crippen LogP contribution in [0.5, 0.6) is 5.75 Å². The van der Waals surface area contributed by atoms with E-state index in [2.05, 4.69) is 17.0 Å². The van der Waals surface area contributed by atoms with Crippen molar-refractivity contribution >= 4 is 23.2 Å². The van der Waals surface area contributed by atoms with Crippen LogP contribution in [-0.2, 0) is 9.59 Å². The number of rotatable bonds is 6. The summed E-state index contributed by atoms with van der Waals surface area (Å²) in [5, 5.41) is 0. The van der Waals surface area contributed by atoms with Crippen molar-refractivity contribution in [1.82, 2.24) is 4.90 Å². The van der Waals surface area contributed by atoms with Crippen molar-refractivity contribution in [3.63, 3.8) is 0 Å². The molecule has 28 heavy (non-hydrogen) atoms. The predicted molar refractivity (Wildman–Crippen MR) is 111 cm³/mol. The van der Waals surface area contributed by atoms with Gasteiger partial charge < -0.3 is 19.4 Å². The highest BCUT2D eigenvalue weighted by Gasteiger charge is 2.23. The van der Waals surface area contributed by atoms with Crippen LogP contribution in [0.1, 0.15) is 13.3 Å². The predicted octanol–water partition coefficient (Wildman–Crippen LogP) is 2.79. The molecule has 0 spiro atoms. The Hall–Kier alpha value is -3.02. The molecular formula is C22H27N3O3. The first kappa shape index (κ1) is 19.7. The minimum absolute atomic E-state index is 0.0776. The van der Waals surface area contributed by atoms with Gasteiger partial charge in [0.05, 0.1) is 12.8 Å². The van der Waals surface area contributed by atoms with E-state index in [0.717, 1.165) is 13.1 Å². The number of para-hydroxylation sites is 3. The van der Waals surface area contributed by atoms with Crippen LogP contribution in [0.2, 0.25) is 0 Å². The van der Waals surface area contributed by atoms with Gasteiger partial charge in [-0.1, -0.05) is 30.3 Å². The second kappa shape index (κ2) is 9.26. The van der Waals surface area contributed by atoms with Crippen molar-refractivity contribution < 1.29 is 14.3 Å². The number of piperazine rings is 1. The van der Waals surface area contributed by atoms with Crippen LogP contribution in [0.25, 0.3) is 0 Å². The van der Waals surface area contributed by atoms with E-state index in [9.17, 15) is 9.59 Å². The summed E-state index contributed by atoms with van der Waals surface area (Å²) in [5.74, 6) is 0.599. The Morgan fingerprint density at radius 1 is 0.964 bits per heavy atom. The molecule has 1 saturated heterocycles. The molecule has 148 valence electrons. The molecule has 6 heteroatoms. The van der Waals surface area contributed by atoms with Crippen molar-refractivity contribution in [2.45, 2.75) is 13.3 Å². The van der Waals surface area contributed by atoms with Crippen LogP contribution in [0.4, 0.5) is 11.4 Å². The average Bonchev–Trinajstić information content (AvgIpc) is 2.74. The fourth-order valence-electron chi connectivity index (χ4n) is 3.52. The second-order valence-electron chi connectivity index (χ2n) is 6.80. The number of nitrogens with zero attached hydrogens (tertiary/aromatic N) is 3. The number of hydrogen-bond donors (Lipinski definition) is 0. The molecular weight excluding hydrogens is 354 g/mol. The third-order valence-electron chi connectivity index (χ3n) is 5.06. The summed E-state index contributed by atoms with van der Waals surface area (Å²) in [4.78, 5) is 30.6. The van der Waals surface area contributed by atoms with E-state index in [1.165, 1.54) is 12.6 Å². The van der Waals surface area contributed by atoms with Gasteiger partial charge in [0.15, 0.2) is 0 Å². The van der Waals surface area contributed by atoms with E-state index < -0.39 is 0 Å². The first-order valence-corrected chi connectivity index (χ1v) is 9.59. The highest BCUT2D eigenvalue weighted by atomic mass is 16.5. The van der Waals surface area contributed by atoms with Gasteiger partial charge in [-0.25, -0.2) is 0 Å². The molecule has 0 N–H and O–H groups in total. The molecule has 1 aliphatic rings. The van der Waals surface area contributed by atoms with E-state index in [1.807, 2.05) is 47.4 Å². The maximum absolute atomic E-state index is 12.7. The zero-order chi connectivity index (χ0) is 19.9. The summed E-state index contributed by atoms with van der Waals surface area (Å²) in [6, 6.07) is 17.6. The van der Waals surface area contributed by atoms with Crippen LogP contribution in [0.3, 0.4) is 0 Å². The van der Waals surface area contributed by atoms with Crippen molar-refractivity contribution in [3.05, 3.63) is 54.6 Å². The monoisotopic (exact) mass is 381 g/mol. The summed E-state index contributed by atoms with van der Waals surface area (Å²) < 4.78 is 5.36. The van der Waals surface area contributed by atoms with Gasteiger partial charge in [-0.2, -0.15) is 0 Å². The van der Waals surface area contributed by atoms with Crippen LogP contribution < -0.4 is 14.5 Å². The Labute approximate surface area is 166 Å². The highest BCUT2D eigenvalue weighted by Crippen LogP contribution is 2.28. The van der Waals surface area contributed by atoms with Crippen LogP contribution in [0, 0.1) is 0 Å². The third kappa shape index (κ3) is 4.63. The molecule has 0 unspecified atom stereocenters. The molecule has 0 saturated carbocycles. The smallest absolute Gasteiger partial charge is 0.224 e. The molecule has 0 atom stereocenters. The molecule has 2 aromatic carbocycles. The van der Waals surface area contributed by atoms with E-state index >= 15 is 0 Å². The number of carbonyl (C=O) groups excluding carboxylic acids is 2. The number of hydrogen-bond acceptors (Lipinski definition) is 4. The van der Waals surface area contributed by atoms with Gasteiger partial charge >= 0.3 is 0 Å². The minimum Gasteiger partial charge on any atom is -0.495 e. The third-order valence-corrected chi connectivity index (χ3v) is 5.06. The van der Waals surface area contributed by atoms with Crippen molar-refractivity contribution in [2.24, 2.45) is 0 Å². The quantitative estimate of drug-likeness (QED) is 0.772. The molecule has 2 aromatic rings. The number of amides is 2. The number of carbonyl (C=O) groups is 2. The van der Waals surface area contributed by atoms with E-state index in [1.54, 1.807) is 12.0 Å². The zero-order valence-electron chi connectivity index (χ0n) is 16.5. The first-order chi connectivity index (χ1) is 13.6. The lowest BCUT2D eigenvalue weighted by Crippen LogP contribution is -2.49. The van der Waals surface area contributed by atoms with Crippen molar-refractivity contribution in [3.8, 4) is 5.75 Å². The molecule has 0 bridgehead atoms. The van der Waals surface area contributed by atoms with Crippen LogP contribution in [-0.4, -0.2) is 56.5 Å². The Bertz CT molecular complexity index is 802. The highest BCUT2D eigenvalue weighted by molar-refractivity contribution is 5.93. The lowest BCUT2D eigenvalue weighted by atomic mass is 10.2. The molecule has 2 amide bonds. The molecule has 1 fully saturated rings. The van der Waals surface area contributed by atoms with Crippen molar-refractivity contribution in [2.75, 3.05) is 49.6 Å². The first-order valence-electron chi connectivity index (χ1n) is 9.59. The summed E-state index contributed by atoms with van der Waals surface area (Å²) in [7, 11) is 1.58. The fourth-order valence-corrected chi connectivity index (χ4v) is 3.52. The molecule has 1 heterocycles. The molecule has 6 nitrogen and oxygen atoms in total. The normalized spacial score (nSPS) is 13.9. The number of anilines is 2. The number of benzene rings is 2. The lowest BCUT2D eigenvalue weighted by Gasteiger charge is -2.36. The van der Waals surface area contributed by atoms with Gasteiger partial charge in [0.2, 0.25) is 11.8 Å². The van der Waals surface area contributed by atoms with Crippen molar-refractivity contribution in [1.29, 1.82) is 0 Å². The maximum Gasteiger partial charge on any atom is 0.224 e. The topological polar surface area (TPSA) is 53.1 Å². The van der Waals surface area contributed by atoms with Crippen LogP contribution in [0.15, 0.2) is 54.6 Å². The maximum atomic E-state index is 12.7. The van der Waals surface area contributed by atoms with Gasteiger partial charge in [-0.05, 0) is 24.3 Å². The van der Waals surface area contributed by atoms with E-state index in [4.69, 9.17) is 4.74 Å². The molecule has 0 radical (unpaired) electrons. The summed E-state index contributed by atoms with van der Waals surface area (Å²) >= 11 is 0. The second-order valence-corrected chi connectivity index (χ2v) is 6.80. The van der Waals surface area contributed by atoms with E-state index in [-0.39, 0.29) is 11.8 Å². The van der Waals surface area contributed by atoms with Gasteiger partial charge in [-0.3, -0.25) is 9.59 Å². The summed E-state index contributed by atoms with van der Waals surface area (Å²) in [5.41, 5.74) is 1.88. The summed E-state index contributed by atoms with van der Waals surface area (Å²) in [6.07, 6.45) is 0.295. The molecule has 1 aliphatic heterocycles. The number of ether oxygens (including phenoxy) is 1. The zero-order valence-corrected chi connectivity index (χ0v) is 16.5. The van der Waals surface area contributed by atoms with Crippen LogP contribution >= 0.6 is 0 Å². The Kier molecular flexibility index (Phi) is 6.53. The Morgan fingerprint density at radius 3 is 2.25 bits per heavy atom. The minimum atomic E-state index is -0.105. The molecule has 0 aromatic heterocycles. The van der Waals surface area contributed by atoms with Gasteiger partial charge in [-0.15, -0.1) is 0 Å². The largest absolute Gasteiger partial charge is 0.495 e. The average molecular weight is 381 g/mol. The van der Waals surface area contributed by atoms with Gasteiger partial charge in [0.1, 0.15) is 5.75 Å². The SMILES string of the molecule is COc1ccccc1N(CCC(=O)N1CCN(c2ccccc2)CC1)C(C)=O. The van der Waals surface area contributed by atoms with Gasteiger partial charge in [0.25, 0.3) is 0 Å². The lowest BCUT2D eigenvalue weighted by molar-refractivity contribution is -0.131. The Morgan fingerprint density at radius 2 is 1.61 bits per heavy atom. The Balaban J connectivity index is 1.56. The van der Waals surface area contributed by atoms with Gasteiger partial charge in [0, 0.05) is 51.8 Å². The summed E-state index contributed by atoms with van der Waals surface area (Å²) in [6.45, 7) is 4.88. The fraction of sp³-hybridized carbons (Fsp3) is 0.364. The van der Waals surface area contributed by atoms with E-state index in [0.29, 0.717) is 37.5 Å². The standard InChI is InChI=1S/C22H27N3O3/c1-18(26)25(20-10-6-7-11-21(20)28-2)13-12-22(27)24-16-14-23(15-17-24)19-8-4-3-5-9-19/h3-11H,12-17H2,1-2H3. The molecule has 3 rings (SSSR count). The number of methoxy groups -OCH3 is 1.